The number of carbonyl (C=O) groups is 2. The van der Waals surface area contributed by atoms with Crippen LogP contribution in [-0.4, -0.2) is 26.1 Å². The Hall–Kier alpha value is -2.84. The van der Waals surface area contributed by atoms with Gasteiger partial charge in [0.25, 0.3) is 10.0 Å². The fourth-order valence-corrected chi connectivity index (χ4v) is 5.29. The van der Waals surface area contributed by atoms with Gasteiger partial charge in [0.1, 0.15) is 0 Å². The molecule has 4 rings (SSSR count). The molecule has 3 aromatic rings. The van der Waals surface area contributed by atoms with Gasteiger partial charge in [-0.15, -0.1) is 0 Å². The Labute approximate surface area is 165 Å². The van der Waals surface area contributed by atoms with Gasteiger partial charge in [0, 0.05) is 26.9 Å². The highest BCUT2D eigenvalue weighted by atomic mass is 32.2. The zero-order valence-corrected chi connectivity index (χ0v) is 16.4. The molecule has 28 heavy (non-hydrogen) atoms. The molecule has 0 saturated heterocycles. The Kier molecular flexibility index (Phi) is 4.60. The van der Waals surface area contributed by atoms with Gasteiger partial charge >= 0.3 is 5.97 Å². The number of nitrogens with one attached hydrogen (secondary N) is 1. The van der Waals surface area contributed by atoms with E-state index in [1.165, 1.54) is 30.3 Å². The van der Waals surface area contributed by atoms with Gasteiger partial charge in [-0.05, 0) is 61.2 Å². The molecule has 0 amide bonds. The molecule has 6 nitrogen and oxygen atoms in total. The molecule has 1 N–H and O–H groups in total. The normalized spacial score (nSPS) is 13.0. The molecule has 0 aliphatic carbocycles. The maximum Gasteiger partial charge on any atom is 0.338 e. The van der Waals surface area contributed by atoms with Crippen LogP contribution in [0.4, 0.5) is 5.69 Å². The van der Waals surface area contributed by atoms with Crippen molar-refractivity contribution in [2.45, 2.75) is 16.7 Å². The maximum atomic E-state index is 13.0. The Bertz CT molecular complexity index is 1220. The van der Waals surface area contributed by atoms with Crippen molar-refractivity contribution in [3.8, 4) is 0 Å². The molecule has 1 aliphatic heterocycles. The monoisotopic (exact) mass is 413 g/mol. The predicted octanol–water partition coefficient (Wildman–Crippen LogP) is 4.06. The van der Waals surface area contributed by atoms with Crippen molar-refractivity contribution < 1.29 is 22.7 Å². The van der Waals surface area contributed by atoms with Crippen LogP contribution in [0.5, 0.6) is 0 Å². The van der Waals surface area contributed by atoms with Crippen LogP contribution < -0.4 is 4.72 Å². The van der Waals surface area contributed by atoms with E-state index in [0.717, 1.165) is 16.7 Å². The molecule has 0 bridgehead atoms. The highest BCUT2D eigenvalue weighted by Crippen LogP contribution is 2.42. The van der Waals surface area contributed by atoms with Crippen LogP contribution in [0, 0.1) is 0 Å². The number of hydrogen-bond acceptors (Lipinski definition) is 6. The Balaban J connectivity index is 1.70. The predicted molar refractivity (Wildman–Crippen MR) is 107 cm³/mol. The van der Waals surface area contributed by atoms with E-state index in [9.17, 15) is 18.0 Å². The summed E-state index contributed by atoms with van der Waals surface area (Å²) >= 11 is 1.10. The van der Waals surface area contributed by atoms with Crippen LogP contribution in [0.2, 0.25) is 0 Å². The summed E-state index contributed by atoms with van der Waals surface area (Å²) in [6.45, 7) is 1.98. The number of ether oxygens (including phenoxy) is 1. The molecular formula is C20H15NO5S2. The van der Waals surface area contributed by atoms with Gasteiger partial charge in [-0.1, -0.05) is 12.1 Å². The highest BCUT2D eigenvalue weighted by molar-refractivity contribution is 8.14. The minimum absolute atomic E-state index is 0.0855. The van der Waals surface area contributed by atoms with Crippen LogP contribution in [0.25, 0.3) is 10.8 Å². The first-order valence-electron chi connectivity index (χ1n) is 8.48. The van der Waals surface area contributed by atoms with Crippen molar-refractivity contribution in [3.63, 3.8) is 0 Å². The summed E-state index contributed by atoms with van der Waals surface area (Å²) in [4.78, 5) is 24.7. The topological polar surface area (TPSA) is 89.5 Å². The van der Waals surface area contributed by atoms with Crippen LogP contribution in [0.3, 0.4) is 0 Å². The minimum atomic E-state index is -3.89. The van der Waals surface area contributed by atoms with Gasteiger partial charge in [0.05, 0.1) is 17.1 Å². The number of hydrogen-bond donors (Lipinski definition) is 1. The summed E-state index contributed by atoms with van der Waals surface area (Å²) in [5.41, 5.74) is 1.18. The number of thioether (sulfide) groups is 1. The number of benzene rings is 3. The number of rotatable bonds is 5. The van der Waals surface area contributed by atoms with Gasteiger partial charge in [-0.25, -0.2) is 13.2 Å². The number of sulfonamides is 1. The summed E-state index contributed by atoms with van der Waals surface area (Å²) in [7, 11) is -3.89. The average Bonchev–Trinajstić information content (AvgIpc) is 3.00. The van der Waals surface area contributed by atoms with Crippen LogP contribution >= 0.6 is 11.8 Å². The quantitative estimate of drug-likeness (QED) is 0.635. The molecule has 0 radical (unpaired) electrons. The lowest BCUT2D eigenvalue weighted by Crippen LogP contribution is -2.14. The summed E-state index contributed by atoms with van der Waals surface area (Å²) in [6.07, 6.45) is 0. The number of esters is 1. The second-order valence-electron chi connectivity index (χ2n) is 6.08. The van der Waals surface area contributed by atoms with Crippen LogP contribution in [0.15, 0.2) is 64.4 Å². The second-order valence-corrected chi connectivity index (χ2v) is 8.75. The van der Waals surface area contributed by atoms with Gasteiger partial charge in [-0.3, -0.25) is 9.52 Å². The summed E-state index contributed by atoms with van der Waals surface area (Å²) < 4.78 is 33.4. The molecule has 0 atom stereocenters. The Morgan fingerprint density at radius 1 is 1.07 bits per heavy atom. The largest absolute Gasteiger partial charge is 0.462 e. The van der Waals surface area contributed by atoms with E-state index in [2.05, 4.69) is 4.72 Å². The molecule has 3 aromatic carbocycles. The summed E-state index contributed by atoms with van der Waals surface area (Å²) in [6, 6.07) is 14.2. The zero-order chi connectivity index (χ0) is 19.9. The fraction of sp³-hybridized carbons (Fsp3) is 0.100. The van der Waals surface area contributed by atoms with E-state index in [4.69, 9.17) is 4.74 Å². The van der Waals surface area contributed by atoms with Crippen molar-refractivity contribution in [1.29, 1.82) is 0 Å². The first-order chi connectivity index (χ1) is 13.4. The molecule has 0 unspecified atom stereocenters. The fourth-order valence-electron chi connectivity index (χ4n) is 3.09. The SMILES string of the molecule is CCOC(=O)c1ccc(NS(=O)(=O)c2ccc3c4c(cccc24)C(=O)S3)cc1. The standard InChI is InChI=1S/C20H15NO5S2/c1-2-26-19(22)12-6-8-13(9-7-12)21-28(24,25)17-11-10-16-18-14(17)4-3-5-15(18)20(23)27-16/h3-11,21H,2H2,1H3. The van der Waals surface area contributed by atoms with Crippen LogP contribution in [-0.2, 0) is 14.8 Å². The number of carbonyl (C=O) groups excluding carboxylic acids is 2. The van der Waals surface area contributed by atoms with Crippen LogP contribution in [0.1, 0.15) is 27.6 Å². The zero-order valence-electron chi connectivity index (χ0n) is 14.8. The highest BCUT2D eigenvalue weighted by Gasteiger charge is 2.27. The van der Waals surface area contributed by atoms with E-state index in [-0.39, 0.29) is 16.6 Å². The first kappa shape index (κ1) is 18.5. The Morgan fingerprint density at radius 3 is 2.54 bits per heavy atom. The van der Waals surface area contributed by atoms with Crippen molar-refractivity contribution in [3.05, 3.63) is 65.7 Å². The third kappa shape index (κ3) is 3.14. The van der Waals surface area contributed by atoms with E-state index in [1.54, 1.807) is 31.2 Å². The maximum absolute atomic E-state index is 13.0. The lowest BCUT2D eigenvalue weighted by molar-refractivity contribution is 0.0526. The first-order valence-corrected chi connectivity index (χ1v) is 10.8. The average molecular weight is 413 g/mol. The lowest BCUT2D eigenvalue weighted by Gasteiger charge is -2.12. The Morgan fingerprint density at radius 2 is 1.82 bits per heavy atom. The van der Waals surface area contributed by atoms with E-state index < -0.39 is 16.0 Å². The lowest BCUT2D eigenvalue weighted by atomic mass is 10.1. The molecule has 142 valence electrons. The second kappa shape index (κ2) is 6.96. The molecule has 8 heteroatoms. The third-order valence-electron chi connectivity index (χ3n) is 4.32. The van der Waals surface area contributed by atoms with Gasteiger partial charge in [0.2, 0.25) is 5.12 Å². The van der Waals surface area contributed by atoms with Crippen molar-refractivity contribution >= 4 is 49.3 Å². The molecule has 0 spiro atoms. The minimum Gasteiger partial charge on any atom is -0.462 e. The van der Waals surface area contributed by atoms with Gasteiger partial charge in [0.15, 0.2) is 0 Å². The molecular weight excluding hydrogens is 398 g/mol. The van der Waals surface area contributed by atoms with Crippen molar-refractivity contribution in [2.75, 3.05) is 11.3 Å². The number of anilines is 1. The van der Waals surface area contributed by atoms with E-state index in [0.29, 0.717) is 27.6 Å². The molecule has 1 aliphatic rings. The summed E-state index contributed by atoms with van der Waals surface area (Å²) in [5.74, 6) is -0.466. The van der Waals surface area contributed by atoms with E-state index >= 15 is 0 Å². The van der Waals surface area contributed by atoms with E-state index in [1.807, 2.05) is 0 Å². The smallest absolute Gasteiger partial charge is 0.338 e. The molecule has 0 aromatic heterocycles. The molecule has 0 saturated carbocycles. The molecule has 1 heterocycles. The van der Waals surface area contributed by atoms with Crippen molar-refractivity contribution in [1.82, 2.24) is 0 Å². The summed E-state index contributed by atoms with van der Waals surface area (Å²) in [5, 5.41) is 1.08. The van der Waals surface area contributed by atoms with Crippen molar-refractivity contribution in [2.24, 2.45) is 0 Å². The van der Waals surface area contributed by atoms with Gasteiger partial charge in [-0.2, -0.15) is 0 Å². The third-order valence-corrected chi connectivity index (χ3v) is 6.73. The van der Waals surface area contributed by atoms with Gasteiger partial charge < -0.3 is 4.74 Å². The molecule has 0 fully saturated rings.